The van der Waals surface area contributed by atoms with E-state index in [1.165, 1.54) is 0 Å². The van der Waals surface area contributed by atoms with Crippen molar-refractivity contribution in [1.82, 2.24) is 5.32 Å². The molecular weight excluding hydrogens is 242 g/mol. The van der Waals surface area contributed by atoms with Gasteiger partial charge in [-0.15, -0.1) is 11.8 Å². The predicted octanol–water partition coefficient (Wildman–Crippen LogP) is 0.616. The lowest BCUT2D eigenvalue weighted by molar-refractivity contribution is -0.133. The zero-order valence-electron chi connectivity index (χ0n) is 9.78. The molecule has 0 heterocycles. The van der Waals surface area contributed by atoms with Crippen molar-refractivity contribution in [2.24, 2.45) is 0 Å². The first kappa shape index (κ1) is 14.3. The van der Waals surface area contributed by atoms with Crippen molar-refractivity contribution in [2.45, 2.75) is 37.7 Å². The summed E-state index contributed by atoms with van der Waals surface area (Å²) in [5, 5.41) is 21.2. The van der Waals surface area contributed by atoms with Gasteiger partial charge in [-0.25, -0.2) is 0 Å². The van der Waals surface area contributed by atoms with E-state index in [9.17, 15) is 14.7 Å². The van der Waals surface area contributed by atoms with Crippen molar-refractivity contribution >= 4 is 23.6 Å². The number of hydrogen-bond donors (Lipinski definition) is 3. The predicted molar refractivity (Wildman–Crippen MR) is 66.0 cm³/mol. The number of rotatable bonds is 6. The molecule has 0 aromatic rings. The first-order chi connectivity index (χ1) is 8.02. The van der Waals surface area contributed by atoms with Crippen molar-refractivity contribution in [3.63, 3.8) is 0 Å². The summed E-state index contributed by atoms with van der Waals surface area (Å²) in [6, 6.07) is 0. The maximum Gasteiger partial charge on any atom is 0.313 e. The van der Waals surface area contributed by atoms with E-state index in [0.717, 1.165) is 43.9 Å². The number of carboxylic acids is 1. The number of aliphatic hydroxyl groups is 1. The van der Waals surface area contributed by atoms with Crippen LogP contribution in [0.25, 0.3) is 0 Å². The summed E-state index contributed by atoms with van der Waals surface area (Å²) in [4.78, 5) is 21.6. The Balaban J connectivity index is 2.16. The van der Waals surface area contributed by atoms with Crippen LogP contribution in [-0.2, 0) is 9.59 Å². The van der Waals surface area contributed by atoms with E-state index in [1.807, 2.05) is 0 Å². The fourth-order valence-corrected chi connectivity index (χ4v) is 2.50. The van der Waals surface area contributed by atoms with E-state index in [-0.39, 0.29) is 24.0 Å². The maximum absolute atomic E-state index is 11.4. The highest BCUT2D eigenvalue weighted by atomic mass is 32.2. The van der Waals surface area contributed by atoms with Crippen molar-refractivity contribution in [3.8, 4) is 0 Å². The highest BCUT2D eigenvalue weighted by Crippen LogP contribution is 2.27. The molecule has 0 aromatic heterocycles. The van der Waals surface area contributed by atoms with E-state index >= 15 is 0 Å². The minimum absolute atomic E-state index is 0.0717. The molecule has 6 heteroatoms. The first-order valence-electron chi connectivity index (χ1n) is 5.80. The van der Waals surface area contributed by atoms with Crippen molar-refractivity contribution in [2.75, 3.05) is 18.1 Å². The Morgan fingerprint density at radius 3 is 2.41 bits per heavy atom. The largest absolute Gasteiger partial charge is 0.481 e. The van der Waals surface area contributed by atoms with Crippen LogP contribution in [0.4, 0.5) is 0 Å². The van der Waals surface area contributed by atoms with Crippen LogP contribution in [0.2, 0.25) is 0 Å². The molecule has 1 rings (SSSR count). The number of nitrogens with one attached hydrogen (secondary N) is 1. The van der Waals surface area contributed by atoms with Crippen LogP contribution in [0.5, 0.6) is 0 Å². The fraction of sp³-hybridized carbons (Fsp3) is 0.818. The van der Waals surface area contributed by atoms with E-state index < -0.39 is 11.6 Å². The summed E-state index contributed by atoms with van der Waals surface area (Å²) in [7, 11) is 0. The number of thioether (sulfide) groups is 1. The second-order valence-corrected chi connectivity index (χ2v) is 5.43. The molecule has 0 saturated heterocycles. The van der Waals surface area contributed by atoms with Gasteiger partial charge in [0.15, 0.2) is 0 Å². The Bertz CT molecular complexity index is 277. The Hall–Kier alpha value is -0.750. The summed E-state index contributed by atoms with van der Waals surface area (Å²) in [5.41, 5.74) is -0.759. The minimum Gasteiger partial charge on any atom is -0.481 e. The van der Waals surface area contributed by atoms with Gasteiger partial charge in [-0.2, -0.15) is 0 Å². The van der Waals surface area contributed by atoms with Gasteiger partial charge in [0.05, 0.1) is 17.1 Å². The summed E-state index contributed by atoms with van der Waals surface area (Å²) >= 11 is 1.06. The van der Waals surface area contributed by atoms with Gasteiger partial charge in [-0.1, -0.05) is 19.3 Å². The minimum atomic E-state index is -0.922. The van der Waals surface area contributed by atoms with Crippen LogP contribution in [0.1, 0.15) is 32.1 Å². The van der Waals surface area contributed by atoms with Crippen molar-refractivity contribution < 1.29 is 19.8 Å². The highest BCUT2D eigenvalue weighted by Gasteiger charge is 2.29. The lowest BCUT2D eigenvalue weighted by Gasteiger charge is -2.32. The normalized spacial score (nSPS) is 18.6. The molecule has 1 saturated carbocycles. The lowest BCUT2D eigenvalue weighted by Crippen LogP contribution is -2.44. The van der Waals surface area contributed by atoms with Gasteiger partial charge >= 0.3 is 5.97 Å². The summed E-state index contributed by atoms with van der Waals surface area (Å²) in [6.07, 6.45) is 4.61. The summed E-state index contributed by atoms with van der Waals surface area (Å²) in [6.45, 7) is 0.277. The standard InChI is InChI=1S/C11H19NO4S/c13-9(6-17-7-10(14)15)12-8-11(16)4-2-1-3-5-11/h16H,1-8H2,(H,12,13)(H,14,15). The molecule has 1 aliphatic carbocycles. The van der Waals surface area contributed by atoms with Crippen LogP contribution in [0.3, 0.4) is 0 Å². The van der Waals surface area contributed by atoms with E-state index in [4.69, 9.17) is 5.11 Å². The van der Waals surface area contributed by atoms with E-state index in [0.29, 0.717) is 0 Å². The van der Waals surface area contributed by atoms with Crippen LogP contribution in [-0.4, -0.2) is 45.7 Å². The van der Waals surface area contributed by atoms with Crippen molar-refractivity contribution in [1.29, 1.82) is 0 Å². The monoisotopic (exact) mass is 261 g/mol. The van der Waals surface area contributed by atoms with Gasteiger partial charge in [-0.3, -0.25) is 9.59 Å². The number of amides is 1. The third kappa shape index (κ3) is 5.93. The molecule has 0 aromatic carbocycles. The van der Waals surface area contributed by atoms with Crippen LogP contribution < -0.4 is 5.32 Å². The molecule has 5 nitrogen and oxygen atoms in total. The number of aliphatic carboxylic acids is 1. The lowest BCUT2D eigenvalue weighted by atomic mass is 9.85. The first-order valence-corrected chi connectivity index (χ1v) is 6.96. The Morgan fingerprint density at radius 2 is 1.82 bits per heavy atom. The molecule has 0 atom stereocenters. The number of carboxylic acid groups (broad SMARTS) is 1. The molecule has 0 spiro atoms. The molecule has 98 valence electrons. The Labute approximate surface area is 105 Å². The molecule has 0 radical (unpaired) electrons. The van der Waals surface area contributed by atoms with Gasteiger partial charge in [0.1, 0.15) is 0 Å². The highest BCUT2D eigenvalue weighted by molar-refractivity contribution is 8.00. The molecular formula is C11H19NO4S. The molecule has 0 aliphatic heterocycles. The van der Waals surface area contributed by atoms with Gasteiger partial charge < -0.3 is 15.5 Å². The van der Waals surface area contributed by atoms with Crippen LogP contribution in [0, 0.1) is 0 Å². The SMILES string of the molecule is O=C(O)CSCC(=O)NCC1(O)CCCCC1. The van der Waals surface area contributed by atoms with Crippen LogP contribution in [0.15, 0.2) is 0 Å². The number of hydrogen-bond acceptors (Lipinski definition) is 4. The molecule has 17 heavy (non-hydrogen) atoms. The van der Waals surface area contributed by atoms with Gasteiger partial charge in [0.25, 0.3) is 0 Å². The zero-order chi connectivity index (χ0) is 12.7. The number of carbonyl (C=O) groups excluding carboxylic acids is 1. The second kappa shape index (κ2) is 6.86. The number of carbonyl (C=O) groups is 2. The maximum atomic E-state index is 11.4. The van der Waals surface area contributed by atoms with Gasteiger partial charge in [0, 0.05) is 6.54 Å². The Kier molecular flexibility index (Phi) is 5.77. The molecule has 0 bridgehead atoms. The second-order valence-electron chi connectivity index (χ2n) is 4.45. The van der Waals surface area contributed by atoms with E-state index in [1.54, 1.807) is 0 Å². The molecule has 1 amide bonds. The van der Waals surface area contributed by atoms with Crippen LogP contribution >= 0.6 is 11.8 Å². The molecule has 1 fully saturated rings. The average molecular weight is 261 g/mol. The van der Waals surface area contributed by atoms with Gasteiger partial charge in [-0.05, 0) is 12.8 Å². The molecule has 1 aliphatic rings. The summed E-state index contributed by atoms with van der Waals surface area (Å²) in [5.74, 6) is -1.08. The molecule has 0 unspecified atom stereocenters. The zero-order valence-corrected chi connectivity index (χ0v) is 10.6. The third-order valence-electron chi connectivity index (χ3n) is 2.86. The third-order valence-corrected chi connectivity index (χ3v) is 3.77. The smallest absolute Gasteiger partial charge is 0.313 e. The van der Waals surface area contributed by atoms with E-state index in [2.05, 4.69) is 5.32 Å². The quantitative estimate of drug-likeness (QED) is 0.652. The van der Waals surface area contributed by atoms with Crippen molar-refractivity contribution in [3.05, 3.63) is 0 Å². The average Bonchev–Trinajstić information content (AvgIpc) is 2.27. The fourth-order valence-electron chi connectivity index (χ4n) is 1.93. The molecule has 3 N–H and O–H groups in total. The summed E-state index contributed by atoms with van der Waals surface area (Å²) < 4.78 is 0. The topological polar surface area (TPSA) is 86.6 Å². The van der Waals surface area contributed by atoms with Gasteiger partial charge in [0.2, 0.25) is 5.91 Å². The Morgan fingerprint density at radius 1 is 1.18 bits per heavy atom.